The molecule has 0 unspecified atom stereocenters. The summed E-state index contributed by atoms with van der Waals surface area (Å²) in [5, 5.41) is 9.12. The summed E-state index contributed by atoms with van der Waals surface area (Å²) in [6, 6.07) is 3.71. The maximum atomic E-state index is 12.9. The van der Waals surface area contributed by atoms with Gasteiger partial charge in [0.2, 0.25) is 11.9 Å². The fourth-order valence-electron chi connectivity index (χ4n) is 3.93. The molecule has 25 heavy (non-hydrogen) atoms. The van der Waals surface area contributed by atoms with E-state index in [1.165, 1.54) is 0 Å². The first kappa shape index (κ1) is 16.6. The van der Waals surface area contributed by atoms with Crippen LogP contribution < -0.4 is 4.90 Å². The van der Waals surface area contributed by atoms with Gasteiger partial charge >= 0.3 is 0 Å². The van der Waals surface area contributed by atoms with Crippen molar-refractivity contribution < 1.29 is 4.79 Å². The second kappa shape index (κ2) is 6.83. The van der Waals surface area contributed by atoms with Gasteiger partial charge in [-0.3, -0.25) is 9.20 Å². The summed E-state index contributed by atoms with van der Waals surface area (Å²) in [6.45, 7) is 5.68. The number of hydrogen-bond donors (Lipinski definition) is 0. The van der Waals surface area contributed by atoms with E-state index in [-0.39, 0.29) is 5.92 Å². The number of halogens is 1. The van der Waals surface area contributed by atoms with Crippen LogP contribution in [0, 0.1) is 11.8 Å². The number of carbonyl (C=O) groups excluding carboxylic acids is 1. The van der Waals surface area contributed by atoms with Crippen LogP contribution in [0.4, 0.5) is 5.95 Å². The van der Waals surface area contributed by atoms with Crippen molar-refractivity contribution in [2.75, 3.05) is 31.1 Å². The molecule has 1 atom stereocenters. The molecule has 0 spiro atoms. The van der Waals surface area contributed by atoms with Gasteiger partial charge in [-0.05, 0) is 43.7 Å². The third kappa shape index (κ3) is 3.19. The minimum atomic E-state index is 0.0497. The zero-order valence-electron chi connectivity index (χ0n) is 14.6. The predicted octanol–water partition coefficient (Wildman–Crippen LogP) is 2.86. The van der Waals surface area contributed by atoms with Crippen molar-refractivity contribution in [1.82, 2.24) is 19.5 Å². The van der Waals surface area contributed by atoms with E-state index < -0.39 is 0 Å². The van der Waals surface area contributed by atoms with Crippen molar-refractivity contribution in [2.24, 2.45) is 11.8 Å². The van der Waals surface area contributed by atoms with Gasteiger partial charge in [-0.15, -0.1) is 10.2 Å². The number of rotatable bonds is 2. The van der Waals surface area contributed by atoms with Crippen molar-refractivity contribution in [3.63, 3.8) is 0 Å². The fraction of sp³-hybridized carbons (Fsp3) is 0.611. The van der Waals surface area contributed by atoms with Crippen LogP contribution in [0.5, 0.6) is 0 Å². The number of hydrogen-bond acceptors (Lipinski definition) is 4. The van der Waals surface area contributed by atoms with E-state index in [0.29, 0.717) is 23.1 Å². The Bertz CT molecular complexity index is 768. The summed E-state index contributed by atoms with van der Waals surface area (Å²) in [7, 11) is 0. The third-order valence-electron chi connectivity index (χ3n) is 5.52. The Hall–Kier alpha value is -1.82. The van der Waals surface area contributed by atoms with Gasteiger partial charge in [0.1, 0.15) is 0 Å². The lowest BCUT2D eigenvalue weighted by Crippen LogP contribution is -2.47. The molecule has 2 aliphatic rings. The van der Waals surface area contributed by atoms with Crippen molar-refractivity contribution in [2.45, 2.75) is 32.6 Å². The molecule has 0 saturated carbocycles. The summed E-state index contributed by atoms with van der Waals surface area (Å²) in [5.41, 5.74) is 0.664. The topological polar surface area (TPSA) is 53.7 Å². The van der Waals surface area contributed by atoms with Crippen LogP contribution >= 0.6 is 11.6 Å². The molecule has 0 bridgehead atoms. The van der Waals surface area contributed by atoms with E-state index >= 15 is 0 Å². The van der Waals surface area contributed by atoms with E-state index in [0.717, 1.165) is 57.2 Å². The predicted molar refractivity (Wildman–Crippen MR) is 97.9 cm³/mol. The Kier molecular flexibility index (Phi) is 4.54. The number of likely N-dealkylation sites (tertiary alicyclic amines) is 1. The molecule has 4 rings (SSSR count). The molecule has 0 aliphatic carbocycles. The summed E-state index contributed by atoms with van der Waals surface area (Å²) >= 11 is 6.20. The molecule has 134 valence electrons. The van der Waals surface area contributed by atoms with E-state index in [4.69, 9.17) is 11.6 Å². The summed E-state index contributed by atoms with van der Waals surface area (Å²) in [6.07, 6.45) is 6.12. The fourth-order valence-corrected chi connectivity index (χ4v) is 4.14. The van der Waals surface area contributed by atoms with Gasteiger partial charge in [-0.2, -0.15) is 0 Å². The Morgan fingerprint density at radius 1 is 1.20 bits per heavy atom. The molecule has 0 N–H and O–H groups in total. The molecule has 1 amide bonds. The second-order valence-electron chi connectivity index (χ2n) is 7.34. The van der Waals surface area contributed by atoms with Gasteiger partial charge in [0, 0.05) is 32.4 Å². The number of carbonyl (C=O) groups is 1. The second-order valence-corrected chi connectivity index (χ2v) is 7.75. The Morgan fingerprint density at radius 3 is 2.80 bits per heavy atom. The first-order valence-corrected chi connectivity index (χ1v) is 9.54. The Labute approximate surface area is 152 Å². The molecular weight excluding hydrogens is 338 g/mol. The van der Waals surface area contributed by atoms with Crippen LogP contribution in [0.1, 0.15) is 32.6 Å². The van der Waals surface area contributed by atoms with Crippen molar-refractivity contribution in [3.05, 3.63) is 23.4 Å². The molecule has 2 fully saturated rings. The maximum Gasteiger partial charge on any atom is 0.231 e. The molecule has 6 nitrogen and oxygen atoms in total. The first-order valence-electron chi connectivity index (χ1n) is 9.16. The molecule has 7 heteroatoms. The lowest BCUT2D eigenvalue weighted by atomic mass is 9.93. The number of aromatic nitrogens is 3. The van der Waals surface area contributed by atoms with Gasteiger partial charge in [0.25, 0.3) is 0 Å². The normalized spacial score (nSPS) is 22.6. The lowest BCUT2D eigenvalue weighted by molar-refractivity contribution is -0.137. The van der Waals surface area contributed by atoms with Gasteiger partial charge in [-0.1, -0.05) is 18.5 Å². The molecule has 4 heterocycles. The number of nitrogens with zero attached hydrogens (tertiary/aromatic N) is 5. The van der Waals surface area contributed by atoms with Crippen LogP contribution in [-0.2, 0) is 4.79 Å². The largest absolute Gasteiger partial charge is 0.342 e. The van der Waals surface area contributed by atoms with Crippen LogP contribution in [0.25, 0.3) is 5.65 Å². The van der Waals surface area contributed by atoms with Gasteiger partial charge in [-0.25, -0.2) is 0 Å². The molecule has 2 aromatic heterocycles. The number of anilines is 1. The van der Waals surface area contributed by atoms with Crippen LogP contribution in [0.15, 0.2) is 18.3 Å². The minimum Gasteiger partial charge on any atom is -0.342 e. The lowest BCUT2D eigenvalue weighted by Gasteiger charge is -2.37. The van der Waals surface area contributed by atoms with Gasteiger partial charge in [0.05, 0.1) is 10.9 Å². The number of fused-ring (bicyclic) bond motifs is 1. The summed E-state index contributed by atoms with van der Waals surface area (Å²) in [5.74, 6) is 1.87. The summed E-state index contributed by atoms with van der Waals surface area (Å²) in [4.78, 5) is 17.2. The highest BCUT2D eigenvalue weighted by Crippen LogP contribution is 2.27. The molecule has 2 saturated heterocycles. The molecule has 0 aromatic carbocycles. The molecule has 2 aromatic rings. The quantitative estimate of drug-likeness (QED) is 0.825. The van der Waals surface area contributed by atoms with Crippen molar-refractivity contribution >= 4 is 29.1 Å². The standard InChI is InChI=1S/C18H24ClN5O/c1-13-6-10-22(11-7-13)17(25)14-4-2-8-23(12-14)18-21-20-16-15(19)5-3-9-24(16)18/h3,5,9,13-14H,2,4,6-8,10-12H2,1H3/t14-/m0/s1. The maximum absolute atomic E-state index is 12.9. The number of piperidine rings is 2. The van der Waals surface area contributed by atoms with Crippen LogP contribution in [0.3, 0.4) is 0 Å². The smallest absolute Gasteiger partial charge is 0.231 e. The van der Waals surface area contributed by atoms with Crippen molar-refractivity contribution in [1.29, 1.82) is 0 Å². The highest BCUT2D eigenvalue weighted by atomic mass is 35.5. The summed E-state index contributed by atoms with van der Waals surface area (Å²) < 4.78 is 1.91. The average Bonchev–Trinajstić information content (AvgIpc) is 3.07. The van der Waals surface area contributed by atoms with E-state index in [2.05, 4.69) is 26.9 Å². The highest BCUT2D eigenvalue weighted by molar-refractivity contribution is 6.33. The first-order chi connectivity index (χ1) is 12.1. The SMILES string of the molecule is CC1CCN(C(=O)[C@H]2CCCN(c3nnc4c(Cl)cccn34)C2)CC1. The molecule has 2 aliphatic heterocycles. The third-order valence-corrected chi connectivity index (χ3v) is 5.81. The highest BCUT2D eigenvalue weighted by Gasteiger charge is 2.32. The van der Waals surface area contributed by atoms with E-state index in [9.17, 15) is 4.79 Å². The minimum absolute atomic E-state index is 0.0497. The van der Waals surface area contributed by atoms with Gasteiger partial charge < -0.3 is 9.80 Å². The van der Waals surface area contributed by atoms with Gasteiger partial charge in [0.15, 0.2) is 5.65 Å². The molecular formula is C18H24ClN5O. The van der Waals surface area contributed by atoms with Crippen LogP contribution in [-0.4, -0.2) is 51.6 Å². The van der Waals surface area contributed by atoms with E-state index in [1.54, 1.807) is 0 Å². The van der Waals surface area contributed by atoms with E-state index in [1.807, 2.05) is 22.7 Å². The zero-order chi connectivity index (χ0) is 17.4. The van der Waals surface area contributed by atoms with Crippen LogP contribution in [0.2, 0.25) is 5.02 Å². The van der Waals surface area contributed by atoms with Crippen molar-refractivity contribution in [3.8, 4) is 0 Å². The molecule has 0 radical (unpaired) electrons. The Balaban J connectivity index is 1.50. The zero-order valence-corrected chi connectivity index (χ0v) is 15.3. The monoisotopic (exact) mass is 361 g/mol. The Morgan fingerprint density at radius 2 is 2.00 bits per heavy atom. The number of pyridine rings is 1. The number of amides is 1. The average molecular weight is 362 g/mol.